The second-order valence-electron chi connectivity index (χ2n) is 11.0. The molecule has 0 saturated carbocycles. The fourth-order valence-electron chi connectivity index (χ4n) is 4.50. The topological polar surface area (TPSA) is 36.1 Å². The van der Waals surface area contributed by atoms with Crippen LogP contribution in [0.25, 0.3) is 0 Å². The molecule has 0 spiro atoms. The molecule has 2 rings (SSSR count). The standard InChI is InChI=1S/C34H49N3/c1-9-32(24-31-18-14-11-15-19-31)36-28(7)34(23-26(4)5)37-29(8)33(22-25(2)3)35-27(6)20-21-30-16-12-10-13-17-30/h9-19,25-26,32-37H,1,6-8,20-24H2,2-5H3/t32?,33?,34-/m0/s1. The Hall–Kier alpha value is -3.20. The number of hydrogen-bond donors (Lipinski definition) is 3. The summed E-state index contributed by atoms with van der Waals surface area (Å²) in [4.78, 5) is 0. The third-order valence-electron chi connectivity index (χ3n) is 6.51. The van der Waals surface area contributed by atoms with E-state index in [-0.39, 0.29) is 18.1 Å². The average molecular weight is 500 g/mol. The van der Waals surface area contributed by atoms with Crippen molar-refractivity contribution in [3.63, 3.8) is 0 Å². The minimum Gasteiger partial charge on any atom is -0.381 e. The summed E-state index contributed by atoms with van der Waals surface area (Å²) < 4.78 is 0. The van der Waals surface area contributed by atoms with Crippen LogP contribution in [0, 0.1) is 11.8 Å². The molecule has 3 atom stereocenters. The molecule has 3 N–H and O–H groups in total. The molecular formula is C34H49N3. The molecule has 200 valence electrons. The molecule has 3 heteroatoms. The Balaban J connectivity index is 2.04. The van der Waals surface area contributed by atoms with Gasteiger partial charge < -0.3 is 16.0 Å². The Morgan fingerprint density at radius 1 is 0.703 bits per heavy atom. The van der Waals surface area contributed by atoms with Gasteiger partial charge in [0.15, 0.2) is 0 Å². The van der Waals surface area contributed by atoms with E-state index in [0.29, 0.717) is 11.8 Å². The van der Waals surface area contributed by atoms with Gasteiger partial charge in [0.2, 0.25) is 0 Å². The lowest BCUT2D eigenvalue weighted by molar-refractivity contribution is 0.417. The Kier molecular flexibility index (Phi) is 12.8. The lowest BCUT2D eigenvalue weighted by Gasteiger charge is -2.32. The van der Waals surface area contributed by atoms with Gasteiger partial charge in [-0.15, -0.1) is 6.58 Å². The summed E-state index contributed by atoms with van der Waals surface area (Å²) >= 11 is 0. The summed E-state index contributed by atoms with van der Waals surface area (Å²) in [5.74, 6) is 1.04. The zero-order valence-electron chi connectivity index (χ0n) is 23.6. The van der Waals surface area contributed by atoms with Crippen molar-refractivity contribution >= 4 is 0 Å². The van der Waals surface area contributed by atoms with Crippen molar-refractivity contribution in [2.45, 2.75) is 77.9 Å². The van der Waals surface area contributed by atoms with Crippen LogP contribution in [0.5, 0.6) is 0 Å². The molecule has 0 aliphatic rings. The molecule has 0 bridgehead atoms. The zero-order chi connectivity index (χ0) is 27.2. The number of nitrogens with one attached hydrogen (secondary N) is 3. The van der Waals surface area contributed by atoms with E-state index in [4.69, 9.17) is 0 Å². The van der Waals surface area contributed by atoms with Crippen molar-refractivity contribution in [1.82, 2.24) is 16.0 Å². The van der Waals surface area contributed by atoms with Crippen LogP contribution >= 0.6 is 0 Å². The molecule has 2 unspecified atom stereocenters. The quantitative estimate of drug-likeness (QED) is 0.185. The molecule has 0 amide bonds. The van der Waals surface area contributed by atoms with E-state index >= 15 is 0 Å². The predicted molar refractivity (Wildman–Crippen MR) is 162 cm³/mol. The molecule has 0 aliphatic heterocycles. The number of hydrogen-bond acceptors (Lipinski definition) is 3. The molecule has 2 aromatic carbocycles. The molecular weight excluding hydrogens is 450 g/mol. The first kappa shape index (κ1) is 30.0. The van der Waals surface area contributed by atoms with Gasteiger partial charge in [-0.05, 0) is 55.1 Å². The molecule has 0 radical (unpaired) electrons. The van der Waals surface area contributed by atoms with Crippen LogP contribution in [0.15, 0.2) is 110 Å². The van der Waals surface area contributed by atoms with Gasteiger partial charge in [-0.25, -0.2) is 0 Å². The van der Waals surface area contributed by atoms with Gasteiger partial charge in [-0.2, -0.15) is 0 Å². The average Bonchev–Trinajstić information content (AvgIpc) is 2.86. The van der Waals surface area contributed by atoms with Crippen LogP contribution < -0.4 is 16.0 Å². The van der Waals surface area contributed by atoms with Crippen molar-refractivity contribution < 1.29 is 0 Å². The van der Waals surface area contributed by atoms with Gasteiger partial charge in [-0.3, -0.25) is 0 Å². The van der Waals surface area contributed by atoms with Gasteiger partial charge in [0.25, 0.3) is 0 Å². The summed E-state index contributed by atoms with van der Waals surface area (Å²) in [5, 5.41) is 11.0. The first-order valence-electron chi connectivity index (χ1n) is 13.7. The number of rotatable bonds is 18. The lowest BCUT2D eigenvalue weighted by Crippen LogP contribution is -2.45. The highest BCUT2D eigenvalue weighted by molar-refractivity contribution is 5.21. The molecule has 0 aromatic heterocycles. The van der Waals surface area contributed by atoms with Crippen molar-refractivity contribution in [1.29, 1.82) is 0 Å². The van der Waals surface area contributed by atoms with E-state index in [1.165, 1.54) is 11.1 Å². The SMILES string of the molecule is C=CC(Cc1ccccc1)NC(=C)[C@H](CC(C)C)NC(=C)C(CC(C)C)NC(=C)CCc1ccccc1. The van der Waals surface area contributed by atoms with Crippen LogP contribution in [0.4, 0.5) is 0 Å². The maximum absolute atomic E-state index is 4.47. The Bertz CT molecular complexity index is 975. The van der Waals surface area contributed by atoms with Crippen LogP contribution in [0.3, 0.4) is 0 Å². The van der Waals surface area contributed by atoms with Gasteiger partial charge in [0, 0.05) is 23.1 Å². The monoisotopic (exact) mass is 499 g/mol. The van der Waals surface area contributed by atoms with E-state index in [2.05, 4.69) is 125 Å². The maximum atomic E-state index is 4.47. The third-order valence-corrected chi connectivity index (χ3v) is 6.51. The molecule has 0 heterocycles. The van der Waals surface area contributed by atoms with E-state index in [0.717, 1.165) is 49.2 Å². The fourth-order valence-corrected chi connectivity index (χ4v) is 4.50. The minimum absolute atomic E-state index is 0.0692. The predicted octanol–water partition coefficient (Wildman–Crippen LogP) is 7.56. The second-order valence-corrected chi connectivity index (χ2v) is 11.0. The lowest BCUT2D eigenvalue weighted by atomic mass is 9.97. The van der Waals surface area contributed by atoms with Crippen LogP contribution in [-0.4, -0.2) is 18.1 Å². The second kappa shape index (κ2) is 15.8. The van der Waals surface area contributed by atoms with Gasteiger partial charge in [0.1, 0.15) is 0 Å². The van der Waals surface area contributed by atoms with Crippen LogP contribution in [0.2, 0.25) is 0 Å². The minimum atomic E-state index is 0.0692. The summed E-state index contributed by atoms with van der Waals surface area (Å²) in [5.41, 5.74) is 5.61. The van der Waals surface area contributed by atoms with Crippen molar-refractivity contribution in [2.24, 2.45) is 11.8 Å². The van der Waals surface area contributed by atoms with Crippen molar-refractivity contribution in [2.75, 3.05) is 0 Å². The molecule has 0 saturated heterocycles. The summed E-state index contributed by atoms with van der Waals surface area (Å²) in [6.45, 7) is 26.3. The molecule has 3 nitrogen and oxygen atoms in total. The highest BCUT2D eigenvalue weighted by Gasteiger charge is 2.22. The Labute approximate surface area is 226 Å². The van der Waals surface area contributed by atoms with E-state index in [9.17, 15) is 0 Å². The van der Waals surface area contributed by atoms with Crippen LogP contribution in [0.1, 0.15) is 58.1 Å². The fraction of sp³-hybridized carbons (Fsp3) is 0.412. The number of allylic oxidation sites excluding steroid dienone is 1. The smallest absolute Gasteiger partial charge is 0.0654 e. The molecule has 37 heavy (non-hydrogen) atoms. The Morgan fingerprint density at radius 2 is 1.19 bits per heavy atom. The summed E-state index contributed by atoms with van der Waals surface area (Å²) in [6.07, 6.45) is 6.66. The first-order chi connectivity index (χ1) is 17.7. The first-order valence-corrected chi connectivity index (χ1v) is 13.7. The van der Waals surface area contributed by atoms with Gasteiger partial charge in [-0.1, -0.05) is 114 Å². The highest BCUT2D eigenvalue weighted by Crippen LogP contribution is 2.18. The molecule has 2 aromatic rings. The van der Waals surface area contributed by atoms with Crippen molar-refractivity contribution in [3.05, 3.63) is 121 Å². The largest absolute Gasteiger partial charge is 0.381 e. The Morgan fingerprint density at radius 3 is 1.70 bits per heavy atom. The number of benzene rings is 2. The van der Waals surface area contributed by atoms with Crippen LogP contribution in [-0.2, 0) is 12.8 Å². The maximum Gasteiger partial charge on any atom is 0.0654 e. The van der Waals surface area contributed by atoms with Gasteiger partial charge in [0.05, 0.1) is 12.1 Å². The van der Waals surface area contributed by atoms with E-state index in [1.54, 1.807) is 0 Å². The third kappa shape index (κ3) is 11.6. The van der Waals surface area contributed by atoms with E-state index < -0.39 is 0 Å². The zero-order valence-corrected chi connectivity index (χ0v) is 23.6. The van der Waals surface area contributed by atoms with E-state index in [1.807, 2.05) is 12.1 Å². The summed E-state index contributed by atoms with van der Waals surface area (Å²) in [7, 11) is 0. The highest BCUT2D eigenvalue weighted by atomic mass is 15.1. The van der Waals surface area contributed by atoms with Crippen molar-refractivity contribution in [3.8, 4) is 0 Å². The normalized spacial score (nSPS) is 13.5. The summed E-state index contributed by atoms with van der Waals surface area (Å²) in [6, 6.07) is 21.4. The molecule has 0 aliphatic carbocycles. The number of aryl methyl sites for hydroxylation is 1. The molecule has 0 fully saturated rings. The van der Waals surface area contributed by atoms with Gasteiger partial charge >= 0.3 is 0 Å².